The number of nitrogens with two attached hydrogens (primary N) is 1. The number of hydrogen-bond acceptors (Lipinski definition) is 8. The number of anilines is 1. The van der Waals surface area contributed by atoms with E-state index in [4.69, 9.17) is 15.6 Å². The van der Waals surface area contributed by atoms with E-state index in [2.05, 4.69) is 4.98 Å². The monoisotopic (exact) mass is 309 g/mol. The zero-order valence-corrected chi connectivity index (χ0v) is 11.1. The molecule has 20 heavy (non-hydrogen) atoms. The standard InChI is InChI=1S/C10H15N3O6.ClH/c11-5-1-2-13(10(18)12-5)9-8(17)7(16)6(15)4(3-14)19-9;/h1-2,4,6-9,14-17H,3H2,(H2,11,12,18);1H. The highest BCUT2D eigenvalue weighted by molar-refractivity contribution is 5.85. The Balaban J connectivity index is 0.00000200. The lowest BCUT2D eigenvalue weighted by Gasteiger charge is -2.40. The minimum atomic E-state index is -1.56. The van der Waals surface area contributed by atoms with Gasteiger partial charge in [0, 0.05) is 6.20 Å². The van der Waals surface area contributed by atoms with E-state index in [1.165, 1.54) is 12.3 Å². The molecule has 114 valence electrons. The van der Waals surface area contributed by atoms with Crippen molar-refractivity contribution in [1.29, 1.82) is 0 Å². The predicted octanol–water partition coefficient (Wildman–Crippen LogP) is -2.78. The molecule has 0 aromatic carbocycles. The maximum atomic E-state index is 11.6. The van der Waals surface area contributed by atoms with E-state index < -0.39 is 42.9 Å². The van der Waals surface area contributed by atoms with Gasteiger partial charge in [-0.2, -0.15) is 4.98 Å². The summed E-state index contributed by atoms with van der Waals surface area (Å²) in [5.74, 6) is 0.00541. The number of nitrogens with zero attached hydrogens (tertiary/aromatic N) is 2. The first kappa shape index (κ1) is 16.8. The number of aliphatic hydroxyl groups excluding tert-OH is 4. The van der Waals surface area contributed by atoms with E-state index in [0.29, 0.717) is 0 Å². The number of rotatable bonds is 2. The molecule has 2 heterocycles. The second kappa shape index (κ2) is 6.48. The SMILES string of the molecule is Cl.Nc1ccn(C2OC(CO)C(O)C(O)C2O)c(=O)n1. The number of aromatic nitrogens is 2. The molecule has 9 nitrogen and oxygen atoms in total. The second-order valence-corrected chi connectivity index (χ2v) is 4.26. The van der Waals surface area contributed by atoms with Gasteiger partial charge in [0.2, 0.25) is 0 Å². The van der Waals surface area contributed by atoms with Crippen LogP contribution in [0.5, 0.6) is 0 Å². The van der Waals surface area contributed by atoms with E-state index >= 15 is 0 Å². The predicted molar refractivity (Wildman–Crippen MR) is 69.2 cm³/mol. The van der Waals surface area contributed by atoms with Crippen molar-refractivity contribution in [3.8, 4) is 0 Å². The van der Waals surface area contributed by atoms with Crippen LogP contribution in [0.1, 0.15) is 6.23 Å². The summed E-state index contributed by atoms with van der Waals surface area (Å²) in [7, 11) is 0. The first-order valence-electron chi connectivity index (χ1n) is 5.61. The normalized spacial score (nSPS) is 33.5. The van der Waals surface area contributed by atoms with E-state index in [-0.39, 0.29) is 18.2 Å². The van der Waals surface area contributed by atoms with Crippen LogP contribution in [0.25, 0.3) is 0 Å². The van der Waals surface area contributed by atoms with Gasteiger partial charge in [-0.05, 0) is 6.07 Å². The van der Waals surface area contributed by atoms with Crippen molar-refractivity contribution >= 4 is 18.2 Å². The third-order valence-corrected chi connectivity index (χ3v) is 2.99. The molecule has 1 aromatic rings. The Hall–Kier alpha value is -1.23. The molecule has 5 atom stereocenters. The van der Waals surface area contributed by atoms with Gasteiger partial charge < -0.3 is 30.9 Å². The number of ether oxygens (including phenoxy) is 1. The Morgan fingerprint density at radius 2 is 1.95 bits per heavy atom. The van der Waals surface area contributed by atoms with Gasteiger partial charge >= 0.3 is 5.69 Å². The lowest BCUT2D eigenvalue weighted by molar-refractivity contribution is -0.252. The maximum Gasteiger partial charge on any atom is 0.351 e. The van der Waals surface area contributed by atoms with Gasteiger partial charge in [0.05, 0.1) is 6.61 Å². The first-order chi connectivity index (χ1) is 8.95. The van der Waals surface area contributed by atoms with Crippen LogP contribution >= 0.6 is 12.4 Å². The fraction of sp³-hybridized carbons (Fsp3) is 0.600. The number of aliphatic hydroxyl groups is 4. The molecule has 1 fully saturated rings. The first-order valence-corrected chi connectivity index (χ1v) is 5.61. The quantitative estimate of drug-likeness (QED) is 0.393. The molecule has 1 aliphatic heterocycles. The summed E-state index contributed by atoms with van der Waals surface area (Å²) in [5, 5.41) is 38.1. The van der Waals surface area contributed by atoms with Crippen LogP contribution < -0.4 is 11.4 Å². The van der Waals surface area contributed by atoms with Crippen LogP contribution in [-0.4, -0.2) is 61.0 Å². The molecule has 0 spiro atoms. The molecular formula is C10H16ClN3O6. The molecule has 0 amide bonds. The van der Waals surface area contributed by atoms with E-state index in [9.17, 15) is 20.1 Å². The summed E-state index contributed by atoms with van der Waals surface area (Å²) >= 11 is 0. The minimum absolute atomic E-state index is 0. The Morgan fingerprint density at radius 3 is 2.50 bits per heavy atom. The molecule has 1 saturated heterocycles. The molecule has 0 radical (unpaired) electrons. The molecular weight excluding hydrogens is 294 g/mol. The van der Waals surface area contributed by atoms with Crippen molar-refractivity contribution < 1.29 is 25.2 Å². The van der Waals surface area contributed by atoms with Crippen molar-refractivity contribution in [2.24, 2.45) is 0 Å². The lowest BCUT2D eigenvalue weighted by Crippen LogP contribution is -2.57. The third kappa shape index (κ3) is 2.92. The van der Waals surface area contributed by atoms with Crippen LogP contribution in [-0.2, 0) is 4.74 Å². The lowest BCUT2D eigenvalue weighted by atomic mass is 9.98. The molecule has 0 bridgehead atoms. The Kier molecular flexibility index (Phi) is 5.45. The highest BCUT2D eigenvalue weighted by Gasteiger charge is 2.44. The average Bonchev–Trinajstić information content (AvgIpc) is 2.38. The van der Waals surface area contributed by atoms with Crippen LogP contribution in [0, 0.1) is 0 Å². The Labute approximate surface area is 119 Å². The molecule has 2 rings (SSSR count). The molecule has 10 heteroatoms. The molecule has 5 unspecified atom stereocenters. The molecule has 0 aliphatic carbocycles. The van der Waals surface area contributed by atoms with Gasteiger partial charge in [0.25, 0.3) is 0 Å². The molecule has 1 aliphatic rings. The smallest absolute Gasteiger partial charge is 0.351 e. The van der Waals surface area contributed by atoms with Crippen molar-refractivity contribution in [1.82, 2.24) is 9.55 Å². The van der Waals surface area contributed by atoms with Gasteiger partial charge in [0.15, 0.2) is 6.23 Å². The van der Waals surface area contributed by atoms with Gasteiger partial charge in [-0.1, -0.05) is 0 Å². The average molecular weight is 310 g/mol. The van der Waals surface area contributed by atoms with Crippen LogP contribution in [0.2, 0.25) is 0 Å². The topological polar surface area (TPSA) is 151 Å². The van der Waals surface area contributed by atoms with E-state index in [1.54, 1.807) is 0 Å². The van der Waals surface area contributed by atoms with Crippen molar-refractivity contribution in [2.45, 2.75) is 30.6 Å². The highest BCUT2D eigenvalue weighted by Crippen LogP contribution is 2.27. The minimum Gasteiger partial charge on any atom is -0.394 e. The largest absolute Gasteiger partial charge is 0.394 e. The molecule has 6 N–H and O–H groups in total. The Morgan fingerprint density at radius 1 is 1.30 bits per heavy atom. The fourth-order valence-electron chi connectivity index (χ4n) is 1.93. The summed E-state index contributed by atoms with van der Waals surface area (Å²) in [6.07, 6.45) is -5.68. The summed E-state index contributed by atoms with van der Waals surface area (Å²) in [4.78, 5) is 15.1. The van der Waals surface area contributed by atoms with Crippen molar-refractivity contribution in [3.63, 3.8) is 0 Å². The molecule has 1 aromatic heterocycles. The van der Waals surface area contributed by atoms with E-state index in [0.717, 1.165) is 4.57 Å². The zero-order chi connectivity index (χ0) is 14.2. The molecule has 0 saturated carbocycles. The van der Waals surface area contributed by atoms with Crippen LogP contribution in [0.15, 0.2) is 17.1 Å². The van der Waals surface area contributed by atoms with Gasteiger partial charge in [0.1, 0.15) is 30.2 Å². The van der Waals surface area contributed by atoms with Crippen LogP contribution in [0.3, 0.4) is 0 Å². The van der Waals surface area contributed by atoms with Crippen LogP contribution in [0.4, 0.5) is 5.82 Å². The zero-order valence-electron chi connectivity index (χ0n) is 10.2. The third-order valence-electron chi connectivity index (χ3n) is 2.99. The second-order valence-electron chi connectivity index (χ2n) is 4.26. The number of halogens is 1. The summed E-state index contributed by atoms with van der Waals surface area (Å²) in [6.45, 7) is -0.571. The number of hydrogen-bond donors (Lipinski definition) is 5. The van der Waals surface area contributed by atoms with Gasteiger partial charge in [-0.3, -0.25) is 4.57 Å². The maximum absolute atomic E-state index is 11.6. The summed E-state index contributed by atoms with van der Waals surface area (Å²) < 4.78 is 6.14. The van der Waals surface area contributed by atoms with Crippen molar-refractivity contribution in [2.75, 3.05) is 12.3 Å². The van der Waals surface area contributed by atoms with E-state index in [1.807, 2.05) is 0 Å². The number of nitrogen functional groups attached to an aromatic ring is 1. The highest BCUT2D eigenvalue weighted by atomic mass is 35.5. The van der Waals surface area contributed by atoms with Crippen molar-refractivity contribution in [3.05, 3.63) is 22.7 Å². The summed E-state index contributed by atoms with van der Waals surface area (Å²) in [6, 6.07) is 1.32. The Bertz CT molecular complexity index is 510. The van der Waals surface area contributed by atoms with Gasteiger partial charge in [-0.15, -0.1) is 12.4 Å². The fourth-order valence-corrected chi connectivity index (χ4v) is 1.93. The summed E-state index contributed by atoms with van der Waals surface area (Å²) in [5.41, 5.74) is 4.56. The van der Waals surface area contributed by atoms with Gasteiger partial charge in [-0.25, -0.2) is 4.79 Å².